The third-order valence-electron chi connectivity index (χ3n) is 6.13. The highest BCUT2D eigenvalue weighted by molar-refractivity contribution is 6.02. The van der Waals surface area contributed by atoms with Crippen LogP contribution in [-0.4, -0.2) is 11.6 Å². The highest BCUT2D eigenvalue weighted by atomic mass is 19.4. The third-order valence-corrected chi connectivity index (χ3v) is 6.13. The lowest BCUT2D eigenvalue weighted by Gasteiger charge is -2.13. The minimum atomic E-state index is -4.42. The van der Waals surface area contributed by atoms with E-state index in [0.29, 0.717) is 47.5 Å². The molecule has 1 unspecified atom stereocenters. The first-order chi connectivity index (χ1) is 16.1. The molecule has 0 amide bonds. The molecule has 0 fully saturated rings. The number of hydrogen-bond acceptors (Lipinski definition) is 3. The van der Waals surface area contributed by atoms with Crippen LogP contribution in [0.4, 0.5) is 13.2 Å². The monoisotopic (exact) mass is 466 g/mol. The van der Waals surface area contributed by atoms with Crippen molar-refractivity contribution in [3.8, 4) is 5.75 Å². The molecule has 1 aliphatic rings. The molecule has 0 spiro atoms. The molecule has 1 atom stereocenters. The molecule has 4 rings (SSSR count). The number of fused-ring (bicyclic) bond motifs is 1. The van der Waals surface area contributed by atoms with Crippen molar-refractivity contribution in [3.63, 3.8) is 0 Å². The number of carbonyl (C=O) groups excluding carboxylic acids is 2. The Morgan fingerprint density at radius 1 is 1.00 bits per heavy atom. The van der Waals surface area contributed by atoms with Gasteiger partial charge >= 0.3 is 6.18 Å². The van der Waals surface area contributed by atoms with Gasteiger partial charge in [0.2, 0.25) is 0 Å². The average molecular weight is 466 g/mol. The summed E-state index contributed by atoms with van der Waals surface area (Å²) in [5.41, 5.74) is 3.39. The number of aryl methyl sites for hydroxylation is 1. The number of ether oxygens (including phenoxy) is 1. The molecule has 0 saturated carbocycles. The van der Waals surface area contributed by atoms with Gasteiger partial charge in [0.15, 0.2) is 11.6 Å². The Morgan fingerprint density at radius 3 is 2.41 bits per heavy atom. The van der Waals surface area contributed by atoms with Gasteiger partial charge in [-0.25, -0.2) is 0 Å². The van der Waals surface area contributed by atoms with E-state index in [9.17, 15) is 22.8 Å². The van der Waals surface area contributed by atoms with Crippen molar-refractivity contribution >= 4 is 11.6 Å². The first-order valence-electron chi connectivity index (χ1n) is 11.2. The maximum absolute atomic E-state index is 13.2. The van der Waals surface area contributed by atoms with E-state index in [0.717, 1.165) is 23.3 Å². The maximum atomic E-state index is 13.2. The Labute approximate surface area is 196 Å². The van der Waals surface area contributed by atoms with E-state index in [-0.39, 0.29) is 18.0 Å². The van der Waals surface area contributed by atoms with E-state index >= 15 is 0 Å². The number of halogens is 3. The van der Waals surface area contributed by atoms with Gasteiger partial charge in [0.05, 0.1) is 5.56 Å². The lowest BCUT2D eigenvalue weighted by Crippen LogP contribution is -2.13. The predicted octanol–water partition coefficient (Wildman–Crippen LogP) is 6.78. The minimum Gasteiger partial charge on any atom is -0.489 e. The van der Waals surface area contributed by atoms with Gasteiger partial charge in [0.25, 0.3) is 0 Å². The van der Waals surface area contributed by atoms with Crippen LogP contribution in [0, 0.1) is 12.8 Å². The molecule has 34 heavy (non-hydrogen) atoms. The molecule has 0 heterocycles. The second-order valence-corrected chi connectivity index (χ2v) is 8.76. The molecule has 0 aliphatic heterocycles. The zero-order chi connectivity index (χ0) is 24.5. The molecule has 3 aromatic carbocycles. The quantitative estimate of drug-likeness (QED) is 0.361. The van der Waals surface area contributed by atoms with Crippen LogP contribution in [-0.2, 0) is 25.6 Å². The first kappa shape index (κ1) is 23.7. The molecule has 0 aromatic heterocycles. The lowest BCUT2D eigenvalue weighted by molar-refractivity contribution is -0.137. The zero-order valence-corrected chi connectivity index (χ0v) is 19.0. The van der Waals surface area contributed by atoms with Crippen molar-refractivity contribution in [1.29, 1.82) is 0 Å². The Balaban J connectivity index is 1.43. The van der Waals surface area contributed by atoms with Crippen LogP contribution >= 0.6 is 0 Å². The summed E-state index contributed by atoms with van der Waals surface area (Å²) in [5.74, 6) is 0.269. The molecule has 3 aromatic rings. The highest BCUT2D eigenvalue weighted by Gasteiger charge is 2.33. The van der Waals surface area contributed by atoms with Crippen LogP contribution in [0.3, 0.4) is 0 Å². The van der Waals surface area contributed by atoms with Gasteiger partial charge in [-0.2, -0.15) is 13.2 Å². The van der Waals surface area contributed by atoms with Crippen molar-refractivity contribution in [3.05, 3.63) is 99.6 Å². The van der Waals surface area contributed by atoms with Gasteiger partial charge in [-0.15, -0.1) is 0 Å². The van der Waals surface area contributed by atoms with Crippen LogP contribution in [0.5, 0.6) is 5.75 Å². The fourth-order valence-corrected chi connectivity index (χ4v) is 4.40. The lowest BCUT2D eigenvalue weighted by atomic mass is 9.93. The molecule has 176 valence electrons. The predicted molar refractivity (Wildman–Crippen MR) is 123 cm³/mol. The largest absolute Gasteiger partial charge is 0.489 e. The van der Waals surface area contributed by atoms with Gasteiger partial charge in [-0.05, 0) is 66.8 Å². The number of rotatable bonds is 7. The van der Waals surface area contributed by atoms with Crippen LogP contribution in [0.2, 0.25) is 0 Å². The van der Waals surface area contributed by atoms with E-state index in [2.05, 4.69) is 0 Å². The fourth-order valence-electron chi connectivity index (χ4n) is 4.40. The first-order valence-corrected chi connectivity index (χ1v) is 11.2. The van der Waals surface area contributed by atoms with Gasteiger partial charge < -0.3 is 4.74 Å². The number of hydrogen-bond donors (Lipinski definition) is 0. The standard InChI is InChI=1S/C28H25F3O3/c1-3-26(32)20-6-4-18(5-7-20)16-34-24-8-9-25-21(15-24)14-22(27(25)33)12-19-10-17(2)11-23(13-19)28(29,30)31/h4-11,13,15,22H,3,12,14,16H2,1-2H3. The highest BCUT2D eigenvalue weighted by Crippen LogP contribution is 2.34. The molecule has 1 aliphatic carbocycles. The van der Waals surface area contributed by atoms with Crippen molar-refractivity contribution in [2.75, 3.05) is 0 Å². The maximum Gasteiger partial charge on any atom is 0.416 e. The Bertz CT molecular complexity index is 1230. The topological polar surface area (TPSA) is 43.4 Å². The van der Waals surface area contributed by atoms with E-state index in [1.807, 2.05) is 25.1 Å². The van der Waals surface area contributed by atoms with E-state index in [1.54, 1.807) is 37.3 Å². The smallest absolute Gasteiger partial charge is 0.416 e. The zero-order valence-electron chi connectivity index (χ0n) is 19.0. The van der Waals surface area contributed by atoms with Crippen molar-refractivity contribution in [2.24, 2.45) is 5.92 Å². The summed E-state index contributed by atoms with van der Waals surface area (Å²) in [6, 6.07) is 16.5. The molecule has 3 nitrogen and oxygen atoms in total. The molecular weight excluding hydrogens is 441 g/mol. The number of carbonyl (C=O) groups is 2. The van der Waals surface area contributed by atoms with Gasteiger partial charge in [0.1, 0.15) is 12.4 Å². The summed E-state index contributed by atoms with van der Waals surface area (Å²) in [6.07, 6.45) is -3.23. The molecule has 6 heteroatoms. The van der Waals surface area contributed by atoms with Gasteiger partial charge in [0, 0.05) is 23.5 Å². The minimum absolute atomic E-state index is 0.0483. The van der Waals surface area contributed by atoms with Gasteiger partial charge in [-0.3, -0.25) is 9.59 Å². The number of Topliss-reactive ketones (excluding diaryl/α,β-unsaturated/α-hetero) is 2. The van der Waals surface area contributed by atoms with Crippen molar-refractivity contribution < 1.29 is 27.5 Å². The van der Waals surface area contributed by atoms with E-state index in [4.69, 9.17) is 4.74 Å². The normalized spacial score (nSPS) is 15.3. The number of benzene rings is 3. The SMILES string of the molecule is CCC(=O)c1ccc(COc2ccc3c(c2)CC(Cc2cc(C)cc(C(F)(F)F)c2)C3=O)cc1. The second kappa shape index (κ2) is 9.45. The van der Waals surface area contributed by atoms with E-state index in [1.165, 1.54) is 0 Å². The number of alkyl halides is 3. The summed E-state index contributed by atoms with van der Waals surface area (Å²) in [4.78, 5) is 24.6. The summed E-state index contributed by atoms with van der Waals surface area (Å²) in [5, 5.41) is 0. The Morgan fingerprint density at radius 2 is 1.74 bits per heavy atom. The van der Waals surface area contributed by atoms with Crippen molar-refractivity contribution in [1.82, 2.24) is 0 Å². The van der Waals surface area contributed by atoms with Crippen LogP contribution in [0.25, 0.3) is 0 Å². The number of ketones is 2. The summed E-state index contributed by atoms with van der Waals surface area (Å²) in [7, 11) is 0. The van der Waals surface area contributed by atoms with Crippen LogP contribution in [0.15, 0.2) is 60.7 Å². The molecule has 0 radical (unpaired) electrons. The van der Waals surface area contributed by atoms with E-state index < -0.39 is 17.7 Å². The molecular formula is C28H25F3O3. The second-order valence-electron chi connectivity index (χ2n) is 8.76. The molecule has 0 bridgehead atoms. The molecule has 0 saturated heterocycles. The molecule has 0 N–H and O–H groups in total. The third kappa shape index (κ3) is 5.22. The fraction of sp³-hybridized carbons (Fsp3) is 0.286. The summed E-state index contributed by atoms with van der Waals surface area (Å²) < 4.78 is 45.4. The average Bonchev–Trinajstić information content (AvgIpc) is 3.11. The van der Waals surface area contributed by atoms with Crippen molar-refractivity contribution in [2.45, 2.75) is 45.9 Å². The Hall–Kier alpha value is -3.41. The summed E-state index contributed by atoms with van der Waals surface area (Å²) in [6.45, 7) is 3.77. The van der Waals surface area contributed by atoms with Gasteiger partial charge in [-0.1, -0.05) is 42.8 Å². The van der Waals surface area contributed by atoms with Crippen LogP contribution < -0.4 is 4.74 Å². The summed E-state index contributed by atoms with van der Waals surface area (Å²) >= 11 is 0. The Kier molecular flexibility index (Phi) is 6.60. The van der Waals surface area contributed by atoms with Crippen LogP contribution in [0.1, 0.15) is 61.9 Å².